The number of carboxylic acid groups (broad SMARTS) is 1. The van der Waals surface area contributed by atoms with Crippen LogP contribution < -0.4 is 4.90 Å². The highest BCUT2D eigenvalue weighted by Crippen LogP contribution is 2.42. The third-order valence-corrected chi connectivity index (χ3v) is 8.39. The number of imidazole rings is 1. The van der Waals surface area contributed by atoms with E-state index in [0.717, 1.165) is 58.7 Å². The number of aryl methyl sites for hydroxylation is 1. The number of aromatic nitrogens is 3. The van der Waals surface area contributed by atoms with Crippen LogP contribution in [0.1, 0.15) is 68.3 Å². The Balaban J connectivity index is 1.53. The van der Waals surface area contributed by atoms with E-state index in [0.29, 0.717) is 24.4 Å². The number of rotatable bonds is 4. The van der Waals surface area contributed by atoms with Crippen molar-refractivity contribution in [2.45, 2.75) is 63.6 Å². The van der Waals surface area contributed by atoms with E-state index in [9.17, 15) is 19.8 Å². The van der Waals surface area contributed by atoms with Crippen LogP contribution in [0.25, 0.3) is 21.8 Å². The molecule has 2 aliphatic rings. The molecule has 1 fully saturated rings. The number of carbonyl (C=O) groups excluding carboxylic acids is 1. The largest absolute Gasteiger partial charge is 0.481 e. The summed E-state index contributed by atoms with van der Waals surface area (Å²) in [4.78, 5) is 35.8. The van der Waals surface area contributed by atoms with Crippen LogP contribution in [-0.4, -0.2) is 50.0 Å². The molecule has 202 valence electrons. The lowest BCUT2D eigenvalue weighted by Crippen LogP contribution is -2.42. The average molecular weight is 529 g/mol. The van der Waals surface area contributed by atoms with Crippen molar-refractivity contribution in [1.82, 2.24) is 14.5 Å². The molecule has 3 heterocycles. The summed E-state index contributed by atoms with van der Waals surface area (Å²) in [6, 6.07) is 13.4. The van der Waals surface area contributed by atoms with Gasteiger partial charge < -0.3 is 19.5 Å². The summed E-state index contributed by atoms with van der Waals surface area (Å²) in [6.07, 6.45) is 4.39. The molecule has 2 aromatic heterocycles. The fourth-order valence-electron chi connectivity index (χ4n) is 6.37. The van der Waals surface area contributed by atoms with Gasteiger partial charge in [-0.05, 0) is 62.6 Å². The third kappa shape index (κ3) is 4.30. The number of fused-ring (bicyclic) bond motifs is 4. The first-order valence-corrected chi connectivity index (χ1v) is 13.5. The first-order chi connectivity index (χ1) is 18.9. The molecular formula is C30H32N4O5. The van der Waals surface area contributed by atoms with Crippen molar-refractivity contribution in [3.63, 3.8) is 0 Å². The van der Waals surface area contributed by atoms with Crippen molar-refractivity contribution < 1.29 is 24.5 Å². The number of aliphatic carboxylic acids is 1. The highest BCUT2D eigenvalue weighted by Gasteiger charge is 2.35. The molecule has 2 aromatic carbocycles. The Morgan fingerprint density at radius 2 is 1.90 bits per heavy atom. The fourth-order valence-corrected chi connectivity index (χ4v) is 6.37. The summed E-state index contributed by atoms with van der Waals surface area (Å²) < 4.78 is 7.11. The maximum atomic E-state index is 12.7. The van der Waals surface area contributed by atoms with Crippen molar-refractivity contribution in [3.8, 4) is 0 Å². The van der Waals surface area contributed by atoms with Crippen LogP contribution in [0.15, 0.2) is 48.7 Å². The van der Waals surface area contributed by atoms with Gasteiger partial charge in [-0.2, -0.15) is 0 Å². The van der Waals surface area contributed by atoms with E-state index in [-0.39, 0.29) is 12.1 Å². The Bertz CT molecular complexity index is 1580. The molecule has 0 spiro atoms. The number of amides is 1. The van der Waals surface area contributed by atoms with Gasteiger partial charge in [0.15, 0.2) is 6.10 Å². The van der Waals surface area contributed by atoms with Gasteiger partial charge in [-0.3, -0.25) is 14.7 Å². The molecule has 0 saturated heterocycles. The second kappa shape index (κ2) is 9.96. The maximum Gasteiger partial charge on any atom is 0.414 e. The van der Waals surface area contributed by atoms with Crippen LogP contribution in [0.2, 0.25) is 0 Å². The van der Waals surface area contributed by atoms with E-state index in [2.05, 4.69) is 4.98 Å². The first kappa shape index (κ1) is 25.3. The minimum absolute atomic E-state index is 0.0222. The topological polar surface area (TPSA) is 118 Å². The number of pyridine rings is 1. The summed E-state index contributed by atoms with van der Waals surface area (Å²) in [5.41, 5.74) is 3.73. The molecule has 4 aromatic rings. The normalized spacial score (nSPS) is 22.0. The summed E-state index contributed by atoms with van der Waals surface area (Å²) >= 11 is 0. The van der Waals surface area contributed by atoms with Gasteiger partial charge in [0.2, 0.25) is 0 Å². The lowest BCUT2D eigenvalue weighted by atomic mass is 9.85. The molecule has 3 unspecified atom stereocenters. The van der Waals surface area contributed by atoms with Gasteiger partial charge in [-0.1, -0.05) is 30.7 Å². The molecular weight excluding hydrogens is 496 g/mol. The van der Waals surface area contributed by atoms with Crippen LogP contribution in [0.3, 0.4) is 0 Å². The molecule has 39 heavy (non-hydrogen) atoms. The van der Waals surface area contributed by atoms with Gasteiger partial charge in [0.1, 0.15) is 5.82 Å². The Kier molecular flexibility index (Phi) is 6.46. The predicted octanol–water partition coefficient (Wildman–Crippen LogP) is 5.39. The first-order valence-electron chi connectivity index (χ1n) is 13.5. The molecule has 4 atom stereocenters. The van der Waals surface area contributed by atoms with E-state index >= 15 is 0 Å². The van der Waals surface area contributed by atoms with Gasteiger partial charge in [-0.25, -0.2) is 9.78 Å². The maximum absolute atomic E-state index is 12.7. The summed E-state index contributed by atoms with van der Waals surface area (Å²) in [7, 11) is 1.38. The zero-order valence-electron chi connectivity index (χ0n) is 22.1. The van der Waals surface area contributed by atoms with E-state index < -0.39 is 24.1 Å². The lowest BCUT2D eigenvalue weighted by molar-refractivity contribution is -0.143. The Morgan fingerprint density at radius 1 is 1.10 bits per heavy atom. The molecule has 0 bridgehead atoms. The van der Waals surface area contributed by atoms with E-state index in [4.69, 9.17) is 9.72 Å². The molecule has 1 aliphatic heterocycles. The molecule has 1 aliphatic carbocycles. The molecule has 2 N–H and O–H groups in total. The smallest absolute Gasteiger partial charge is 0.414 e. The second-order valence-corrected chi connectivity index (χ2v) is 10.7. The van der Waals surface area contributed by atoms with E-state index in [1.54, 1.807) is 11.1 Å². The van der Waals surface area contributed by atoms with Gasteiger partial charge in [0, 0.05) is 29.2 Å². The number of benzene rings is 2. The van der Waals surface area contributed by atoms with Crippen molar-refractivity contribution in [2.75, 3.05) is 12.0 Å². The van der Waals surface area contributed by atoms with Crippen molar-refractivity contribution in [1.29, 1.82) is 0 Å². The van der Waals surface area contributed by atoms with E-state index in [1.165, 1.54) is 7.11 Å². The van der Waals surface area contributed by atoms with Crippen LogP contribution in [-0.2, 0) is 16.0 Å². The van der Waals surface area contributed by atoms with E-state index in [1.807, 2.05) is 54.0 Å². The number of hydrogen-bond acceptors (Lipinski definition) is 6. The van der Waals surface area contributed by atoms with Gasteiger partial charge in [0.25, 0.3) is 0 Å². The number of anilines is 1. The Morgan fingerprint density at radius 3 is 2.67 bits per heavy atom. The van der Waals surface area contributed by atoms with Crippen LogP contribution >= 0.6 is 0 Å². The Labute approximate surface area is 226 Å². The van der Waals surface area contributed by atoms with Gasteiger partial charge in [0.05, 0.1) is 35.4 Å². The number of carboxylic acids is 1. The average Bonchev–Trinajstić information content (AvgIpc) is 3.36. The summed E-state index contributed by atoms with van der Waals surface area (Å²) in [5.74, 6) is -0.791. The number of ether oxygens (including phenoxy) is 1. The molecule has 1 saturated carbocycles. The SMILES string of the molecule is COC(=O)N1c2ccc3c(nc(C(O)c4cc5ccccc5cn4)n3C3CCCC(C(=O)O)C3)c2CC[C@@H]1C. The van der Waals surface area contributed by atoms with Gasteiger partial charge >= 0.3 is 12.1 Å². The number of nitrogens with zero attached hydrogens (tertiary/aromatic N) is 4. The number of hydrogen-bond donors (Lipinski definition) is 2. The number of aliphatic hydroxyl groups excluding tert-OH is 1. The lowest BCUT2D eigenvalue weighted by Gasteiger charge is -2.34. The molecule has 1 amide bonds. The van der Waals surface area contributed by atoms with Crippen LogP contribution in [0, 0.1) is 5.92 Å². The molecule has 9 heteroatoms. The van der Waals surface area contributed by atoms with Crippen molar-refractivity contribution in [2.24, 2.45) is 5.92 Å². The minimum atomic E-state index is -1.11. The molecule has 9 nitrogen and oxygen atoms in total. The van der Waals surface area contributed by atoms with Gasteiger partial charge in [-0.15, -0.1) is 0 Å². The second-order valence-electron chi connectivity index (χ2n) is 10.7. The molecule has 6 rings (SSSR count). The standard InChI is InChI=1S/C30H32N4O5/c1-17-10-11-22-24(33(17)30(38)39-2)12-13-25-26(22)32-28(34(25)21-9-5-8-19(14-21)29(36)37)27(35)23-15-18-6-3-4-7-20(18)16-31-23/h3-4,6-7,12-13,15-17,19,21,27,35H,5,8-11,14H2,1-2H3,(H,36,37)/t17-,19?,21?,27?/m0/s1. The summed E-state index contributed by atoms with van der Waals surface area (Å²) in [6.45, 7) is 2.00. The van der Waals surface area contributed by atoms with Crippen LogP contribution in [0.4, 0.5) is 10.5 Å². The third-order valence-electron chi connectivity index (χ3n) is 8.39. The number of aliphatic hydroxyl groups is 1. The van der Waals surface area contributed by atoms with Crippen LogP contribution in [0.5, 0.6) is 0 Å². The summed E-state index contributed by atoms with van der Waals surface area (Å²) in [5, 5.41) is 23.4. The highest BCUT2D eigenvalue weighted by molar-refractivity contribution is 5.95. The van der Waals surface area contributed by atoms with Crippen molar-refractivity contribution in [3.05, 3.63) is 65.7 Å². The fraction of sp³-hybridized carbons (Fsp3) is 0.400. The number of carbonyl (C=O) groups is 2. The predicted molar refractivity (Wildman–Crippen MR) is 147 cm³/mol. The monoisotopic (exact) mass is 528 g/mol. The minimum Gasteiger partial charge on any atom is -0.481 e. The quantitative estimate of drug-likeness (QED) is 0.365. The highest BCUT2D eigenvalue weighted by atomic mass is 16.5. The Hall–Kier alpha value is -3.98. The molecule has 0 radical (unpaired) electrons. The number of methoxy groups -OCH3 is 1. The zero-order chi connectivity index (χ0) is 27.3. The van der Waals surface area contributed by atoms with Crippen molar-refractivity contribution >= 4 is 39.6 Å². The zero-order valence-corrected chi connectivity index (χ0v) is 22.1.